The summed E-state index contributed by atoms with van der Waals surface area (Å²) in [6.45, 7) is 8.21. The molecule has 1 fully saturated rings. The minimum Gasteiger partial charge on any atom is -0.348 e. The number of nitrogens with one attached hydrogen (secondary N) is 2. The number of carbonyl (C=O) groups excluding carboxylic acids is 2. The lowest BCUT2D eigenvalue weighted by Gasteiger charge is -2.35. The zero-order valence-corrected chi connectivity index (χ0v) is 20.6. The Balaban J connectivity index is 1.61. The van der Waals surface area contributed by atoms with Gasteiger partial charge in [0, 0.05) is 24.8 Å². The molecule has 1 heterocycles. The molecule has 2 amide bonds. The Labute approximate surface area is 196 Å². The lowest BCUT2D eigenvalue weighted by molar-refractivity contribution is -0.136. The molecule has 1 aliphatic rings. The van der Waals surface area contributed by atoms with Gasteiger partial charge < -0.3 is 10.6 Å². The first-order chi connectivity index (χ1) is 15.6. The van der Waals surface area contributed by atoms with Crippen LogP contribution in [0.3, 0.4) is 0 Å². The quantitative estimate of drug-likeness (QED) is 0.629. The van der Waals surface area contributed by atoms with Crippen LogP contribution in [0.25, 0.3) is 0 Å². The molecule has 0 bridgehead atoms. The number of sulfonamides is 1. The van der Waals surface area contributed by atoms with Crippen LogP contribution in [0.1, 0.15) is 47.9 Å². The average Bonchev–Trinajstić information content (AvgIpc) is 2.74. The predicted octanol–water partition coefficient (Wildman–Crippen LogP) is 3.61. The number of piperidine rings is 1. The second-order valence-corrected chi connectivity index (χ2v) is 10.8. The lowest BCUT2D eigenvalue weighted by Crippen LogP contribution is -2.46. The van der Waals surface area contributed by atoms with E-state index in [1.807, 2.05) is 39.0 Å². The van der Waals surface area contributed by atoms with Crippen molar-refractivity contribution in [3.63, 3.8) is 0 Å². The summed E-state index contributed by atoms with van der Waals surface area (Å²) >= 11 is 0. The maximum Gasteiger partial charge on any atom is 0.313 e. The molecule has 1 saturated heterocycles. The van der Waals surface area contributed by atoms with Crippen LogP contribution in [0.2, 0.25) is 0 Å². The summed E-state index contributed by atoms with van der Waals surface area (Å²) in [6.07, 6.45) is 2.93. The van der Waals surface area contributed by atoms with Gasteiger partial charge in [-0.1, -0.05) is 24.6 Å². The van der Waals surface area contributed by atoms with Crippen molar-refractivity contribution in [3.8, 4) is 0 Å². The fourth-order valence-electron chi connectivity index (χ4n) is 4.36. The summed E-state index contributed by atoms with van der Waals surface area (Å²) in [5.41, 5.74) is 4.18. The van der Waals surface area contributed by atoms with E-state index >= 15 is 0 Å². The van der Waals surface area contributed by atoms with Gasteiger partial charge in [-0.25, -0.2) is 8.42 Å². The highest BCUT2D eigenvalue weighted by Gasteiger charge is 2.34. The van der Waals surface area contributed by atoms with Gasteiger partial charge in [-0.05, 0) is 87.4 Å². The Kier molecular flexibility index (Phi) is 7.92. The number of nitrogens with zero attached hydrogens (tertiary/aromatic N) is 1. The van der Waals surface area contributed by atoms with Crippen LogP contribution >= 0.6 is 0 Å². The fourth-order valence-corrected chi connectivity index (χ4v) is 6.39. The number of benzene rings is 2. The van der Waals surface area contributed by atoms with E-state index in [1.165, 1.54) is 0 Å². The van der Waals surface area contributed by atoms with Gasteiger partial charge in [0.15, 0.2) is 0 Å². The van der Waals surface area contributed by atoms with Crippen LogP contribution < -0.4 is 10.6 Å². The third-order valence-corrected chi connectivity index (χ3v) is 8.05. The molecule has 8 heteroatoms. The van der Waals surface area contributed by atoms with Crippen molar-refractivity contribution < 1.29 is 18.0 Å². The summed E-state index contributed by atoms with van der Waals surface area (Å²) in [7, 11) is -3.64. The molecule has 178 valence electrons. The monoisotopic (exact) mass is 471 g/mol. The summed E-state index contributed by atoms with van der Waals surface area (Å²) < 4.78 is 28.4. The zero-order chi connectivity index (χ0) is 24.2. The van der Waals surface area contributed by atoms with Gasteiger partial charge in [0.1, 0.15) is 0 Å². The molecular weight excluding hydrogens is 438 g/mol. The Hall–Kier alpha value is -2.71. The molecule has 0 radical (unpaired) electrons. The predicted molar refractivity (Wildman–Crippen MR) is 130 cm³/mol. The minimum atomic E-state index is -3.64. The van der Waals surface area contributed by atoms with Gasteiger partial charge in [0.25, 0.3) is 0 Å². The number of rotatable bonds is 6. The summed E-state index contributed by atoms with van der Waals surface area (Å²) in [6, 6.07) is 10.8. The highest BCUT2D eigenvalue weighted by molar-refractivity contribution is 7.89. The molecule has 0 aromatic heterocycles. The molecule has 1 atom stereocenters. The Morgan fingerprint density at radius 2 is 1.64 bits per heavy atom. The summed E-state index contributed by atoms with van der Waals surface area (Å²) in [4.78, 5) is 24.9. The van der Waals surface area contributed by atoms with Crippen LogP contribution in [0.5, 0.6) is 0 Å². The smallest absolute Gasteiger partial charge is 0.313 e. The first kappa shape index (κ1) is 24.9. The van der Waals surface area contributed by atoms with E-state index in [4.69, 9.17) is 0 Å². The maximum atomic E-state index is 13.4. The van der Waals surface area contributed by atoms with Gasteiger partial charge in [-0.15, -0.1) is 0 Å². The largest absolute Gasteiger partial charge is 0.348 e. The van der Waals surface area contributed by atoms with Crippen LogP contribution in [-0.4, -0.2) is 43.7 Å². The highest BCUT2D eigenvalue weighted by atomic mass is 32.2. The molecule has 1 unspecified atom stereocenters. The third-order valence-electron chi connectivity index (χ3n) is 5.95. The van der Waals surface area contributed by atoms with E-state index in [0.717, 1.165) is 41.5 Å². The topological polar surface area (TPSA) is 95.6 Å². The van der Waals surface area contributed by atoms with Crippen LogP contribution in [0, 0.1) is 27.7 Å². The van der Waals surface area contributed by atoms with Gasteiger partial charge in [0.2, 0.25) is 10.0 Å². The van der Waals surface area contributed by atoms with Crippen molar-refractivity contribution in [2.75, 3.05) is 18.4 Å². The molecule has 1 aliphatic heterocycles. The van der Waals surface area contributed by atoms with Gasteiger partial charge >= 0.3 is 11.8 Å². The molecule has 33 heavy (non-hydrogen) atoms. The van der Waals surface area contributed by atoms with Crippen molar-refractivity contribution in [2.45, 2.75) is 64.3 Å². The van der Waals surface area contributed by atoms with Crippen LogP contribution in [0.4, 0.5) is 5.69 Å². The van der Waals surface area contributed by atoms with Crippen molar-refractivity contribution in [1.29, 1.82) is 0 Å². The Bertz CT molecular complexity index is 1120. The first-order valence-corrected chi connectivity index (χ1v) is 12.8. The van der Waals surface area contributed by atoms with Gasteiger partial charge in [0.05, 0.1) is 4.90 Å². The molecule has 0 aliphatic carbocycles. The molecule has 7 nitrogen and oxygen atoms in total. The van der Waals surface area contributed by atoms with E-state index in [2.05, 4.69) is 10.6 Å². The normalized spacial score (nSPS) is 16.9. The highest BCUT2D eigenvalue weighted by Crippen LogP contribution is 2.29. The third kappa shape index (κ3) is 6.21. The number of amides is 2. The molecule has 0 saturated carbocycles. The number of hydrogen-bond donors (Lipinski definition) is 2. The van der Waals surface area contributed by atoms with E-state index in [-0.39, 0.29) is 12.6 Å². The minimum absolute atomic E-state index is 0.216. The van der Waals surface area contributed by atoms with Gasteiger partial charge in [-0.3, -0.25) is 9.59 Å². The van der Waals surface area contributed by atoms with Gasteiger partial charge in [-0.2, -0.15) is 4.31 Å². The van der Waals surface area contributed by atoms with E-state index in [1.54, 1.807) is 29.4 Å². The Morgan fingerprint density at radius 3 is 2.33 bits per heavy atom. The summed E-state index contributed by atoms with van der Waals surface area (Å²) in [5, 5.41) is 5.26. The van der Waals surface area contributed by atoms with Crippen molar-refractivity contribution >= 4 is 27.5 Å². The molecule has 2 N–H and O–H groups in total. The number of carbonyl (C=O) groups is 2. The van der Waals surface area contributed by atoms with Crippen molar-refractivity contribution in [2.24, 2.45) is 0 Å². The van der Waals surface area contributed by atoms with E-state index in [0.29, 0.717) is 23.5 Å². The average molecular weight is 472 g/mol. The summed E-state index contributed by atoms with van der Waals surface area (Å²) in [5.74, 6) is -1.46. The molecular formula is C25H33N3O4S. The fraction of sp³-hybridized carbons (Fsp3) is 0.440. The Morgan fingerprint density at radius 1 is 0.939 bits per heavy atom. The van der Waals surface area contributed by atoms with Crippen LogP contribution in [-0.2, 0) is 19.6 Å². The maximum absolute atomic E-state index is 13.4. The zero-order valence-electron chi connectivity index (χ0n) is 19.8. The van der Waals surface area contributed by atoms with E-state index < -0.39 is 21.8 Å². The SMILES string of the molecule is Cc1cc(C)cc(NC(=O)C(=O)NCCC2CCCCN2S(=O)(=O)c2cc(C)ccc2C)c1. The van der Waals surface area contributed by atoms with Crippen molar-refractivity contribution in [3.05, 3.63) is 58.7 Å². The number of hydrogen-bond acceptors (Lipinski definition) is 4. The van der Waals surface area contributed by atoms with Crippen molar-refractivity contribution in [1.82, 2.24) is 9.62 Å². The second kappa shape index (κ2) is 10.5. The lowest BCUT2D eigenvalue weighted by atomic mass is 10.0. The molecule has 2 aromatic carbocycles. The first-order valence-electron chi connectivity index (χ1n) is 11.3. The van der Waals surface area contributed by atoms with Crippen LogP contribution in [0.15, 0.2) is 41.3 Å². The second-order valence-electron chi connectivity index (χ2n) is 8.91. The molecule has 2 aromatic rings. The number of aryl methyl sites for hydroxylation is 4. The number of anilines is 1. The standard InChI is InChI=1S/C25H33N3O4S/c1-17-8-9-20(4)23(16-17)33(31,32)28-12-6-5-7-22(28)10-11-26-24(29)25(30)27-21-14-18(2)13-19(3)15-21/h8-9,13-16,22H,5-7,10-12H2,1-4H3,(H,26,29)(H,27,30). The van der Waals surface area contributed by atoms with E-state index in [9.17, 15) is 18.0 Å². The molecule has 0 spiro atoms. The molecule has 3 rings (SSSR count).